The van der Waals surface area contributed by atoms with Crippen LogP contribution in [0.25, 0.3) is 0 Å². The first kappa shape index (κ1) is 15.0. The minimum Gasteiger partial charge on any atom is -0.478 e. The van der Waals surface area contributed by atoms with Crippen LogP contribution < -0.4 is 10.6 Å². The lowest BCUT2D eigenvalue weighted by molar-refractivity contribution is -0.123. The Bertz CT molecular complexity index is 615. The van der Waals surface area contributed by atoms with Crippen molar-refractivity contribution < 1.29 is 32.3 Å². The number of sulfonamides is 1. The Morgan fingerprint density at radius 1 is 1.42 bits per heavy atom. The third kappa shape index (κ3) is 3.98. The average Bonchev–Trinajstić information content (AvgIpc) is 2.27. The number of benzene rings is 1. The van der Waals surface area contributed by atoms with Crippen molar-refractivity contribution in [3.05, 3.63) is 29.6 Å². The van der Waals surface area contributed by atoms with E-state index in [4.69, 9.17) is 10.8 Å². The highest BCUT2D eigenvalue weighted by atomic mass is 32.2. The summed E-state index contributed by atoms with van der Waals surface area (Å²) in [6.45, 7) is -0.728. The summed E-state index contributed by atoms with van der Waals surface area (Å²) in [7, 11) is -4.38. The van der Waals surface area contributed by atoms with Gasteiger partial charge in [0.2, 0.25) is 5.91 Å². The molecule has 10 heteroatoms. The summed E-state index contributed by atoms with van der Waals surface area (Å²) in [6, 6.07) is 2.22. The van der Waals surface area contributed by atoms with Gasteiger partial charge in [0, 0.05) is 0 Å². The molecule has 0 spiro atoms. The third-order valence-electron chi connectivity index (χ3n) is 1.85. The number of nitrogens with one attached hydrogen (secondary N) is 1. The smallest absolute Gasteiger partial charge is 0.335 e. The molecule has 0 aliphatic heterocycles. The van der Waals surface area contributed by atoms with Crippen molar-refractivity contribution in [1.82, 2.24) is 4.89 Å². The van der Waals surface area contributed by atoms with Gasteiger partial charge in [-0.25, -0.2) is 17.6 Å². The number of hydrogen-bond donors (Lipinski definition) is 3. The van der Waals surface area contributed by atoms with Crippen LogP contribution in [0.2, 0.25) is 0 Å². The van der Waals surface area contributed by atoms with Crippen molar-refractivity contribution >= 4 is 21.9 Å². The summed E-state index contributed by atoms with van der Waals surface area (Å²) in [5.41, 5.74) is 4.30. The molecule has 19 heavy (non-hydrogen) atoms. The van der Waals surface area contributed by atoms with E-state index in [-0.39, 0.29) is 0 Å². The van der Waals surface area contributed by atoms with E-state index in [0.717, 1.165) is 12.1 Å². The largest absolute Gasteiger partial charge is 0.478 e. The SMILES string of the molecule is NC(=O)CONS(=O)(=O)c1ccc(C(=O)O)cc1F. The molecule has 0 saturated heterocycles. The van der Waals surface area contributed by atoms with Gasteiger partial charge in [-0.05, 0) is 18.2 Å². The number of amides is 1. The minimum atomic E-state index is -4.38. The molecule has 104 valence electrons. The second-order valence-corrected chi connectivity index (χ2v) is 4.91. The fourth-order valence-corrected chi connectivity index (χ4v) is 1.94. The molecule has 0 unspecified atom stereocenters. The van der Waals surface area contributed by atoms with E-state index in [1.807, 2.05) is 0 Å². The first-order chi connectivity index (χ1) is 8.74. The lowest BCUT2D eigenvalue weighted by atomic mass is 10.2. The topological polar surface area (TPSA) is 136 Å². The molecule has 0 bridgehead atoms. The van der Waals surface area contributed by atoms with Gasteiger partial charge in [-0.1, -0.05) is 4.89 Å². The maximum Gasteiger partial charge on any atom is 0.335 e. The Morgan fingerprint density at radius 2 is 2.05 bits per heavy atom. The highest BCUT2D eigenvalue weighted by molar-refractivity contribution is 7.89. The predicted molar refractivity (Wildman–Crippen MR) is 58.8 cm³/mol. The van der Waals surface area contributed by atoms with Crippen LogP contribution in [-0.4, -0.2) is 32.0 Å². The highest BCUT2D eigenvalue weighted by Gasteiger charge is 2.21. The van der Waals surface area contributed by atoms with Crippen molar-refractivity contribution in [1.29, 1.82) is 0 Å². The normalized spacial score (nSPS) is 11.2. The van der Waals surface area contributed by atoms with Crippen molar-refractivity contribution in [3.63, 3.8) is 0 Å². The number of primary amides is 1. The standard InChI is InChI=1S/C9H9FN2O6S/c10-6-3-5(9(14)15)1-2-7(6)19(16,17)12-18-4-8(11)13/h1-3,12H,4H2,(H2,11,13)(H,14,15). The van der Waals surface area contributed by atoms with E-state index in [2.05, 4.69) is 4.84 Å². The summed E-state index contributed by atoms with van der Waals surface area (Å²) in [5, 5.41) is 8.60. The molecule has 0 aliphatic carbocycles. The molecule has 0 heterocycles. The number of carbonyl (C=O) groups is 2. The van der Waals surface area contributed by atoms with Crippen LogP contribution in [0.4, 0.5) is 4.39 Å². The lowest BCUT2D eigenvalue weighted by Crippen LogP contribution is -2.30. The summed E-state index contributed by atoms with van der Waals surface area (Å²) in [5.74, 6) is -3.60. The van der Waals surface area contributed by atoms with E-state index < -0.39 is 44.8 Å². The number of aromatic carboxylic acids is 1. The maximum atomic E-state index is 13.5. The zero-order chi connectivity index (χ0) is 14.6. The number of halogens is 1. The van der Waals surface area contributed by atoms with Crippen molar-refractivity contribution in [3.8, 4) is 0 Å². The molecule has 4 N–H and O–H groups in total. The summed E-state index contributed by atoms with van der Waals surface area (Å²) in [4.78, 5) is 25.8. The van der Waals surface area contributed by atoms with E-state index in [1.54, 1.807) is 0 Å². The van der Waals surface area contributed by atoms with Gasteiger partial charge in [0.1, 0.15) is 17.3 Å². The van der Waals surface area contributed by atoms with E-state index in [1.165, 1.54) is 4.89 Å². The van der Waals surface area contributed by atoms with Crippen LogP contribution >= 0.6 is 0 Å². The van der Waals surface area contributed by atoms with Gasteiger partial charge in [0.15, 0.2) is 0 Å². The van der Waals surface area contributed by atoms with Gasteiger partial charge in [0.25, 0.3) is 10.0 Å². The third-order valence-corrected chi connectivity index (χ3v) is 3.10. The van der Waals surface area contributed by atoms with Crippen LogP contribution in [0.3, 0.4) is 0 Å². The van der Waals surface area contributed by atoms with E-state index in [9.17, 15) is 22.4 Å². The second kappa shape index (κ2) is 5.73. The second-order valence-electron chi connectivity index (χ2n) is 3.29. The average molecular weight is 292 g/mol. The van der Waals surface area contributed by atoms with E-state index >= 15 is 0 Å². The molecular formula is C9H9FN2O6S. The monoisotopic (exact) mass is 292 g/mol. The lowest BCUT2D eigenvalue weighted by Gasteiger charge is -2.07. The van der Waals surface area contributed by atoms with Crippen LogP contribution in [0.15, 0.2) is 23.1 Å². The molecule has 0 aromatic heterocycles. The van der Waals surface area contributed by atoms with Crippen molar-refractivity contribution in [2.45, 2.75) is 4.90 Å². The van der Waals surface area contributed by atoms with Gasteiger partial charge in [-0.3, -0.25) is 9.63 Å². The van der Waals surface area contributed by atoms with Crippen molar-refractivity contribution in [2.24, 2.45) is 5.73 Å². The zero-order valence-electron chi connectivity index (χ0n) is 9.29. The van der Waals surface area contributed by atoms with Crippen LogP contribution in [0.5, 0.6) is 0 Å². The summed E-state index contributed by atoms with van der Waals surface area (Å²) < 4.78 is 36.5. The number of carbonyl (C=O) groups excluding carboxylic acids is 1. The Balaban J connectivity index is 2.96. The fraction of sp³-hybridized carbons (Fsp3) is 0.111. The van der Waals surface area contributed by atoms with Gasteiger partial charge >= 0.3 is 5.97 Å². The van der Waals surface area contributed by atoms with Crippen LogP contribution in [0.1, 0.15) is 10.4 Å². The molecule has 1 aromatic rings. The Kier molecular flexibility index (Phi) is 4.53. The molecule has 8 nitrogen and oxygen atoms in total. The summed E-state index contributed by atoms with van der Waals surface area (Å²) >= 11 is 0. The van der Waals surface area contributed by atoms with Gasteiger partial charge in [-0.2, -0.15) is 0 Å². The molecule has 0 fully saturated rings. The number of nitrogens with two attached hydrogens (primary N) is 1. The van der Waals surface area contributed by atoms with Gasteiger partial charge < -0.3 is 10.8 Å². The molecule has 1 amide bonds. The van der Waals surface area contributed by atoms with Gasteiger partial charge in [0.05, 0.1) is 5.56 Å². The molecule has 0 saturated carbocycles. The molecule has 0 atom stereocenters. The Morgan fingerprint density at radius 3 is 2.53 bits per heavy atom. The highest BCUT2D eigenvalue weighted by Crippen LogP contribution is 2.16. The van der Waals surface area contributed by atoms with Crippen LogP contribution in [-0.2, 0) is 19.7 Å². The predicted octanol–water partition coefficient (Wildman–Crippen LogP) is -0.781. The Hall–Kier alpha value is -2.04. The number of hydrogen-bond acceptors (Lipinski definition) is 5. The fourth-order valence-electron chi connectivity index (χ4n) is 1.07. The maximum absolute atomic E-state index is 13.5. The molecule has 1 aromatic carbocycles. The van der Waals surface area contributed by atoms with E-state index in [0.29, 0.717) is 6.07 Å². The first-order valence-corrected chi connectivity index (χ1v) is 6.17. The zero-order valence-corrected chi connectivity index (χ0v) is 10.1. The Labute approximate surface area is 107 Å². The molecule has 0 aliphatic rings. The van der Waals surface area contributed by atoms with Crippen LogP contribution in [0, 0.1) is 5.82 Å². The number of carboxylic acids is 1. The quantitative estimate of drug-likeness (QED) is 0.588. The van der Waals surface area contributed by atoms with Crippen molar-refractivity contribution in [2.75, 3.05) is 6.61 Å². The molecule has 1 rings (SSSR count). The first-order valence-electron chi connectivity index (χ1n) is 4.69. The minimum absolute atomic E-state index is 0.408. The number of rotatable bonds is 6. The summed E-state index contributed by atoms with van der Waals surface area (Å²) in [6.07, 6.45) is 0. The molecule has 0 radical (unpaired) electrons. The number of carboxylic acid groups (broad SMARTS) is 1. The van der Waals surface area contributed by atoms with Gasteiger partial charge in [-0.15, -0.1) is 0 Å². The molecular weight excluding hydrogens is 283 g/mol.